The van der Waals surface area contributed by atoms with Crippen LogP contribution < -0.4 is 14.8 Å². The number of carbonyl (C=O) groups excluding carboxylic acids is 2. The largest absolute Gasteiger partial charge is 0.493 e. The number of nitrogens with zero attached hydrogens (tertiary/aromatic N) is 1. The smallest absolute Gasteiger partial charge is 0.339 e. The summed E-state index contributed by atoms with van der Waals surface area (Å²) in [6.07, 6.45) is 4.28. The molecule has 1 amide bonds. The van der Waals surface area contributed by atoms with E-state index in [4.69, 9.17) is 19.2 Å². The van der Waals surface area contributed by atoms with Gasteiger partial charge in [0.1, 0.15) is 0 Å². The Labute approximate surface area is 198 Å². The average molecular weight is 461 g/mol. The van der Waals surface area contributed by atoms with Crippen molar-refractivity contribution in [3.63, 3.8) is 0 Å². The average Bonchev–Trinajstić information content (AvgIpc) is 3.26. The zero-order valence-electron chi connectivity index (χ0n) is 19.6. The summed E-state index contributed by atoms with van der Waals surface area (Å²) in [5, 5.41) is 3.45. The van der Waals surface area contributed by atoms with Crippen molar-refractivity contribution >= 4 is 34.4 Å². The number of para-hydroxylation sites is 1. The van der Waals surface area contributed by atoms with E-state index in [1.165, 1.54) is 0 Å². The number of ether oxygens (including phenoxy) is 3. The van der Waals surface area contributed by atoms with Crippen LogP contribution in [-0.2, 0) is 16.0 Å². The molecule has 7 nitrogen and oxygen atoms in total. The molecule has 1 N–H and O–H groups in total. The summed E-state index contributed by atoms with van der Waals surface area (Å²) in [6.45, 7) is 2.21. The van der Waals surface area contributed by atoms with Crippen molar-refractivity contribution in [3.8, 4) is 11.5 Å². The van der Waals surface area contributed by atoms with Gasteiger partial charge in [-0.25, -0.2) is 9.78 Å². The summed E-state index contributed by atoms with van der Waals surface area (Å²) in [6, 6.07) is 13.2. The molecular formula is C27H28N2O5. The number of nitrogens with one attached hydrogen (secondary N) is 1. The summed E-state index contributed by atoms with van der Waals surface area (Å²) in [5.74, 6) is 0.494. The SMILES string of the molecule is CCCNC(=O)COC(=O)c1c2c(nc3ccccc13)/C(=C/c1ccc(OC)c(OC)c1)CC2. The fraction of sp³-hybridized carbons (Fsp3) is 0.296. The van der Waals surface area contributed by atoms with Gasteiger partial charge < -0.3 is 19.5 Å². The van der Waals surface area contributed by atoms with Gasteiger partial charge in [-0.2, -0.15) is 0 Å². The van der Waals surface area contributed by atoms with Crippen LogP contribution in [0.25, 0.3) is 22.6 Å². The quantitative estimate of drug-likeness (QED) is 0.501. The van der Waals surface area contributed by atoms with Crippen LogP contribution in [0.5, 0.6) is 11.5 Å². The Morgan fingerprint density at radius 2 is 1.85 bits per heavy atom. The number of hydrogen-bond donors (Lipinski definition) is 1. The Morgan fingerprint density at radius 3 is 2.62 bits per heavy atom. The van der Waals surface area contributed by atoms with E-state index in [2.05, 4.69) is 11.4 Å². The van der Waals surface area contributed by atoms with E-state index in [0.717, 1.165) is 40.6 Å². The number of fused-ring (bicyclic) bond motifs is 2. The van der Waals surface area contributed by atoms with Crippen molar-refractivity contribution in [2.75, 3.05) is 27.4 Å². The first-order valence-corrected chi connectivity index (χ1v) is 11.3. The van der Waals surface area contributed by atoms with Gasteiger partial charge in [0.25, 0.3) is 5.91 Å². The minimum Gasteiger partial charge on any atom is -0.493 e. The van der Waals surface area contributed by atoms with Crippen molar-refractivity contribution in [1.82, 2.24) is 10.3 Å². The number of esters is 1. The summed E-state index contributed by atoms with van der Waals surface area (Å²) in [7, 11) is 3.21. The molecule has 0 aliphatic heterocycles. The molecule has 1 aromatic heterocycles. The van der Waals surface area contributed by atoms with Gasteiger partial charge >= 0.3 is 5.97 Å². The van der Waals surface area contributed by atoms with Gasteiger partial charge in [-0.05, 0) is 60.2 Å². The molecule has 34 heavy (non-hydrogen) atoms. The third kappa shape index (κ3) is 4.73. The fourth-order valence-electron chi connectivity index (χ4n) is 4.17. The van der Waals surface area contributed by atoms with Crippen LogP contribution in [0, 0.1) is 0 Å². The molecule has 1 aliphatic rings. The molecule has 1 heterocycles. The Morgan fingerprint density at radius 1 is 1.06 bits per heavy atom. The number of benzene rings is 2. The maximum Gasteiger partial charge on any atom is 0.339 e. The number of carbonyl (C=O) groups is 2. The zero-order chi connectivity index (χ0) is 24.1. The first kappa shape index (κ1) is 23.3. The summed E-state index contributed by atoms with van der Waals surface area (Å²) < 4.78 is 16.2. The Balaban J connectivity index is 1.71. The lowest BCUT2D eigenvalue weighted by Crippen LogP contribution is -2.29. The first-order valence-electron chi connectivity index (χ1n) is 11.3. The normalized spacial score (nSPS) is 13.6. The zero-order valence-corrected chi connectivity index (χ0v) is 19.6. The monoisotopic (exact) mass is 460 g/mol. The molecule has 0 unspecified atom stereocenters. The van der Waals surface area contributed by atoms with Crippen molar-refractivity contribution in [1.29, 1.82) is 0 Å². The number of hydrogen-bond acceptors (Lipinski definition) is 6. The molecule has 0 bridgehead atoms. The van der Waals surface area contributed by atoms with Crippen LogP contribution in [0.1, 0.15) is 46.9 Å². The molecule has 0 radical (unpaired) electrons. The van der Waals surface area contributed by atoms with Gasteiger partial charge in [0.2, 0.25) is 0 Å². The van der Waals surface area contributed by atoms with E-state index < -0.39 is 5.97 Å². The molecule has 0 saturated carbocycles. The van der Waals surface area contributed by atoms with Gasteiger partial charge in [0.05, 0.1) is 31.0 Å². The third-order valence-electron chi connectivity index (χ3n) is 5.80. The highest BCUT2D eigenvalue weighted by molar-refractivity contribution is 6.07. The Hall–Kier alpha value is -3.87. The summed E-state index contributed by atoms with van der Waals surface area (Å²) >= 11 is 0. The first-order chi connectivity index (χ1) is 16.5. The lowest BCUT2D eigenvalue weighted by atomic mass is 10.0. The van der Waals surface area contributed by atoms with Crippen molar-refractivity contribution in [3.05, 3.63) is 64.8 Å². The molecule has 176 valence electrons. The minimum atomic E-state index is -0.506. The Kier molecular flexibility index (Phi) is 7.11. The van der Waals surface area contributed by atoms with Gasteiger partial charge in [-0.15, -0.1) is 0 Å². The van der Waals surface area contributed by atoms with Gasteiger partial charge in [-0.3, -0.25) is 4.79 Å². The van der Waals surface area contributed by atoms with Gasteiger partial charge in [-0.1, -0.05) is 31.2 Å². The molecule has 0 atom stereocenters. The molecule has 4 rings (SSSR count). The van der Waals surface area contributed by atoms with Crippen molar-refractivity contribution < 1.29 is 23.8 Å². The minimum absolute atomic E-state index is 0.306. The molecule has 3 aromatic rings. The van der Waals surface area contributed by atoms with Crippen LogP contribution in [0.3, 0.4) is 0 Å². The van der Waals surface area contributed by atoms with E-state index in [0.29, 0.717) is 35.5 Å². The second-order valence-corrected chi connectivity index (χ2v) is 8.04. The lowest BCUT2D eigenvalue weighted by Gasteiger charge is -2.12. The van der Waals surface area contributed by atoms with Crippen LogP contribution in [0.15, 0.2) is 42.5 Å². The highest BCUT2D eigenvalue weighted by Crippen LogP contribution is 2.38. The van der Waals surface area contributed by atoms with Crippen LogP contribution in [-0.4, -0.2) is 44.2 Å². The second-order valence-electron chi connectivity index (χ2n) is 8.04. The third-order valence-corrected chi connectivity index (χ3v) is 5.80. The molecule has 1 aliphatic carbocycles. The predicted molar refractivity (Wildman–Crippen MR) is 131 cm³/mol. The van der Waals surface area contributed by atoms with E-state index >= 15 is 0 Å². The van der Waals surface area contributed by atoms with Crippen molar-refractivity contribution in [2.24, 2.45) is 0 Å². The highest BCUT2D eigenvalue weighted by Gasteiger charge is 2.28. The standard InChI is InChI=1S/C27H28N2O5/c1-4-13-28-24(30)16-34-27(31)25-19-7-5-6-8-21(19)29-26-18(10-11-20(25)26)14-17-9-12-22(32-2)23(15-17)33-3/h5-9,12,14-15H,4,10-11,13,16H2,1-3H3,(H,28,30)/b18-14+. The van der Waals surface area contributed by atoms with Gasteiger partial charge in [0, 0.05) is 11.9 Å². The predicted octanol–water partition coefficient (Wildman–Crippen LogP) is 4.42. The van der Waals surface area contributed by atoms with E-state index in [1.54, 1.807) is 14.2 Å². The summed E-state index contributed by atoms with van der Waals surface area (Å²) in [5.41, 5.74) is 4.82. The molecule has 0 saturated heterocycles. The number of methoxy groups -OCH3 is 2. The fourth-order valence-corrected chi connectivity index (χ4v) is 4.17. The van der Waals surface area contributed by atoms with Gasteiger partial charge in [0.15, 0.2) is 18.1 Å². The maximum absolute atomic E-state index is 13.1. The number of amides is 1. The maximum atomic E-state index is 13.1. The molecule has 0 fully saturated rings. The molecular weight excluding hydrogens is 432 g/mol. The molecule has 7 heteroatoms. The van der Waals surface area contributed by atoms with E-state index in [-0.39, 0.29) is 12.5 Å². The summed E-state index contributed by atoms with van der Waals surface area (Å²) in [4.78, 5) is 30.0. The van der Waals surface area contributed by atoms with Crippen LogP contribution >= 0.6 is 0 Å². The number of pyridine rings is 1. The topological polar surface area (TPSA) is 86.8 Å². The van der Waals surface area contributed by atoms with Crippen LogP contribution in [0.2, 0.25) is 0 Å². The van der Waals surface area contributed by atoms with Crippen LogP contribution in [0.4, 0.5) is 0 Å². The molecule has 0 spiro atoms. The van der Waals surface area contributed by atoms with E-state index in [1.807, 2.05) is 49.4 Å². The number of aromatic nitrogens is 1. The van der Waals surface area contributed by atoms with Crippen molar-refractivity contribution in [2.45, 2.75) is 26.2 Å². The Bertz CT molecular complexity index is 1270. The highest BCUT2D eigenvalue weighted by atomic mass is 16.5. The molecule has 2 aromatic carbocycles. The van der Waals surface area contributed by atoms with E-state index in [9.17, 15) is 9.59 Å². The second kappa shape index (κ2) is 10.4. The number of allylic oxidation sites excluding steroid dienone is 1. The number of rotatable bonds is 8. The lowest BCUT2D eigenvalue weighted by molar-refractivity contribution is -0.124.